The van der Waals surface area contributed by atoms with Crippen LogP contribution >= 0.6 is 23.6 Å². The first-order valence-electron chi connectivity index (χ1n) is 8.35. The Morgan fingerprint density at radius 3 is 2.59 bits per heavy atom. The summed E-state index contributed by atoms with van der Waals surface area (Å²) < 4.78 is 11.1. The van der Waals surface area contributed by atoms with Crippen molar-refractivity contribution in [2.75, 3.05) is 0 Å². The lowest BCUT2D eigenvalue weighted by Gasteiger charge is -2.09. The lowest BCUT2D eigenvalue weighted by molar-refractivity contribution is -0.122. The minimum absolute atomic E-state index is 0.00497. The Balaban J connectivity index is 1.44. The quantitative estimate of drug-likeness (QED) is 0.605. The molecule has 4 rings (SSSR count). The molecule has 0 saturated carbocycles. The molecule has 0 aliphatic carbocycles. The van der Waals surface area contributed by atoms with Crippen LogP contribution in [0.4, 0.5) is 0 Å². The zero-order valence-electron chi connectivity index (χ0n) is 14.2. The maximum absolute atomic E-state index is 12.6. The highest BCUT2D eigenvalue weighted by atomic mass is 35.5. The van der Waals surface area contributed by atoms with E-state index in [9.17, 15) is 4.79 Å². The van der Waals surface area contributed by atoms with Crippen LogP contribution in [-0.4, -0.2) is 5.78 Å². The fourth-order valence-corrected chi connectivity index (χ4v) is 3.83. The van der Waals surface area contributed by atoms with Gasteiger partial charge in [-0.2, -0.15) is 0 Å². The van der Waals surface area contributed by atoms with Crippen molar-refractivity contribution >= 4 is 40.2 Å². The Morgan fingerprint density at radius 1 is 1.04 bits per heavy atom. The van der Waals surface area contributed by atoms with Gasteiger partial charge in [0, 0.05) is 10.6 Å². The first-order chi connectivity index (χ1) is 13.1. The fourth-order valence-electron chi connectivity index (χ4n) is 2.98. The molecule has 0 bridgehead atoms. The molecular formula is C21H16ClNO3S. The minimum Gasteiger partial charge on any atom is -0.460 e. The van der Waals surface area contributed by atoms with Gasteiger partial charge in [-0.05, 0) is 28.5 Å². The van der Waals surface area contributed by atoms with Crippen molar-refractivity contribution < 1.29 is 13.7 Å². The second kappa shape index (κ2) is 7.55. The lowest BCUT2D eigenvalue weighted by Crippen LogP contribution is -2.10. The summed E-state index contributed by atoms with van der Waals surface area (Å²) in [4.78, 5) is 12.6. The van der Waals surface area contributed by atoms with Gasteiger partial charge in [0.15, 0.2) is 6.10 Å². The van der Waals surface area contributed by atoms with E-state index in [0.717, 1.165) is 16.3 Å². The van der Waals surface area contributed by atoms with Crippen LogP contribution in [0, 0.1) is 0 Å². The van der Waals surface area contributed by atoms with E-state index >= 15 is 0 Å². The van der Waals surface area contributed by atoms with E-state index in [0.29, 0.717) is 16.3 Å². The Hall–Kier alpha value is -2.63. The predicted octanol–water partition coefficient (Wildman–Crippen LogP) is 5.13. The van der Waals surface area contributed by atoms with Gasteiger partial charge in [0.2, 0.25) is 17.4 Å². The van der Waals surface area contributed by atoms with E-state index in [1.54, 1.807) is 24.3 Å². The normalized spacial score (nSPS) is 16.6. The average molecular weight is 398 g/mol. The van der Waals surface area contributed by atoms with E-state index in [-0.39, 0.29) is 17.4 Å². The molecule has 1 aliphatic heterocycles. The number of hydrogen-bond acceptors (Lipinski definition) is 5. The lowest BCUT2D eigenvalue weighted by atomic mass is 10.1. The van der Waals surface area contributed by atoms with E-state index < -0.39 is 6.10 Å². The van der Waals surface area contributed by atoms with Gasteiger partial charge in [0.25, 0.3) is 0 Å². The standard InChI is InChI=1S/C21H16ClNO3S/c22-16-10-8-14(9-11-16)19-18(24)20(21(23)25-19)26-27-12-15-6-3-5-13-4-1-2-7-17(13)15/h1-11,19H,12,23H2. The van der Waals surface area contributed by atoms with Crippen molar-refractivity contribution in [3.63, 3.8) is 0 Å². The summed E-state index contributed by atoms with van der Waals surface area (Å²) in [5.74, 6) is 0.350. The molecule has 0 spiro atoms. The number of nitrogens with two attached hydrogens (primary N) is 1. The van der Waals surface area contributed by atoms with Crippen molar-refractivity contribution in [3.8, 4) is 0 Å². The third-order valence-electron chi connectivity index (χ3n) is 4.34. The number of fused-ring (bicyclic) bond motifs is 1. The number of carbonyl (C=O) groups excluding carboxylic acids is 1. The van der Waals surface area contributed by atoms with Gasteiger partial charge < -0.3 is 14.7 Å². The summed E-state index contributed by atoms with van der Waals surface area (Å²) in [6.45, 7) is 0. The Morgan fingerprint density at radius 2 is 1.78 bits per heavy atom. The predicted molar refractivity (Wildman–Crippen MR) is 108 cm³/mol. The second-order valence-corrected chi connectivity index (χ2v) is 7.22. The molecule has 0 saturated heterocycles. The molecule has 1 heterocycles. The summed E-state index contributed by atoms with van der Waals surface area (Å²) in [6, 6.07) is 21.2. The van der Waals surface area contributed by atoms with Crippen LogP contribution in [0.5, 0.6) is 0 Å². The fraction of sp³-hybridized carbons (Fsp3) is 0.0952. The van der Waals surface area contributed by atoms with Crippen molar-refractivity contribution in [2.45, 2.75) is 11.9 Å². The topological polar surface area (TPSA) is 61.5 Å². The second-order valence-electron chi connectivity index (χ2n) is 6.09. The molecule has 1 unspecified atom stereocenters. The van der Waals surface area contributed by atoms with Gasteiger partial charge >= 0.3 is 0 Å². The molecule has 0 aromatic heterocycles. The zero-order chi connectivity index (χ0) is 18.8. The molecule has 2 N–H and O–H groups in total. The molecule has 1 aliphatic rings. The van der Waals surface area contributed by atoms with E-state index in [1.165, 1.54) is 12.0 Å². The van der Waals surface area contributed by atoms with Crippen LogP contribution in [0.2, 0.25) is 5.02 Å². The van der Waals surface area contributed by atoms with Crippen LogP contribution in [0.3, 0.4) is 0 Å². The number of rotatable bonds is 5. The molecule has 0 radical (unpaired) electrons. The van der Waals surface area contributed by atoms with E-state index in [4.69, 9.17) is 26.3 Å². The maximum atomic E-state index is 12.6. The van der Waals surface area contributed by atoms with Gasteiger partial charge in [-0.3, -0.25) is 4.79 Å². The monoisotopic (exact) mass is 397 g/mol. The number of Topliss-reactive ketones (excluding diaryl/α,β-unsaturated/α-hetero) is 1. The Kier molecular flexibility index (Phi) is 4.97. The number of ether oxygens (including phenoxy) is 1. The Bertz CT molecular complexity index is 1030. The van der Waals surface area contributed by atoms with E-state index in [2.05, 4.69) is 18.2 Å². The first kappa shape index (κ1) is 17.8. The van der Waals surface area contributed by atoms with Gasteiger partial charge in [0.05, 0.1) is 17.8 Å². The number of carbonyl (C=O) groups is 1. The molecule has 3 aromatic carbocycles. The van der Waals surface area contributed by atoms with Crippen LogP contribution in [0.1, 0.15) is 17.2 Å². The molecule has 3 aromatic rings. The van der Waals surface area contributed by atoms with Gasteiger partial charge in [-0.25, -0.2) is 0 Å². The Labute approximate surface area is 166 Å². The number of halogens is 1. The smallest absolute Gasteiger partial charge is 0.249 e. The third kappa shape index (κ3) is 3.61. The number of benzene rings is 3. The number of hydrogen-bond donors (Lipinski definition) is 1. The van der Waals surface area contributed by atoms with Crippen LogP contribution in [0.15, 0.2) is 78.4 Å². The zero-order valence-corrected chi connectivity index (χ0v) is 15.8. The van der Waals surface area contributed by atoms with Crippen molar-refractivity contribution in [3.05, 3.63) is 94.5 Å². The van der Waals surface area contributed by atoms with Crippen molar-refractivity contribution in [1.82, 2.24) is 0 Å². The van der Waals surface area contributed by atoms with Crippen molar-refractivity contribution in [1.29, 1.82) is 0 Å². The first-order valence-corrected chi connectivity index (χ1v) is 9.64. The summed E-state index contributed by atoms with van der Waals surface area (Å²) >= 11 is 7.06. The largest absolute Gasteiger partial charge is 0.460 e. The number of ketones is 1. The highest BCUT2D eigenvalue weighted by molar-refractivity contribution is 7.94. The van der Waals surface area contributed by atoms with Crippen LogP contribution in [0.25, 0.3) is 10.8 Å². The van der Waals surface area contributed by atoms with Crippen molar-refractivity contribution in [2.24, 2.45) is 5.73 Å². The molecule has 27 heavy (non-hydrogen) atoms. The average Bonchev–Trinajstić information content (AvgIpc) is 2.97. The van der Waals surface area contributed by atoms with Gasteiger partial charge in [-0.1, -0.05) is 66.2 Å². The van der Waals surface area contributed by atoms with Crippen LogP contribution in [-0.2, 0) is 19.5 Å². The molecule has 0 fully saturated rings. The summed E-state index contributed by atoms with van der Waals surface area (Å²) in [5.41, 5.74) is 7.68. The maximum Gasteiger partial charge on any atom is 0.249 e. The van der Waals surface area contributed by atoms with Gasteiger partial charge in [-0.15, -0.1) is 0 Å². The van der Waals surface area contributed by atoms with E-state index in [1.807, 2.05) is 24.3 Å². The third-order valence-corrected chi connectivity index (χ3v) is 5.31. The summed E-state index contributed by atoms with van der Waals surface area (Å²) in [7, 11) is 0. The molecule has 136 valence electrons. The summed E-state index contributed by atoms with van der Waals surface area (Å²) in [6.07, 6.45) is -0.796. The molecule has 4 nitrogen and oxygen atoms in total. The van der Waals surface area contributed by atoms with Crippen LogP contribution < -0.4 is 5.73 Å². The SMILES string of the molecule is NC1=C(OSCc2cccc3ccccc23)C(=O)C(c2ccc(Cl)cc2)O1. The highest BCUT2D eigenvalue weighted by Crippen LogP contribution is 2.34. The van der Waals surface area contributed by atoms with Gasteiger partial charge in [0.1, 0.15) is 0 Å². The molecule has 6 heteroatoms. The molecule has 1 atom stereocenters. The highest BCUT2D eigenvalue weighted by Gasteiger charge is 2.37. The summed E-state index contributed by atoms with van der Waals surface area (Å²) in [5, 5.41) is 2.91. The minimum atomic E-state index is -0.796. The molecule has 0 amide bonds. The molecular weight excluding hydrogens is 382 g/mol.